The molecule has 1 aromatic rings. The van der Waals surface area contributed by atoms with E-state index in [0.29, 0.717) is 10.5 Å². The monoisotopic (exact) mass is 317 g/mol. The number of alkyl halides is 3. The van der Waals surface area contributed by atoms with E-state index < -0.39 is 23.6 Å². The lowest BCUT2D eigenvalue weighted by Gasteiger charge is -2.35. The number of carboxylic acids is 1. The van der Waals surface area contributed by atoms with Gasteiger partial charge in [0.05, 0.1) is 0 Å². The molecular weight excluding hydrogens is 303 g/mol. The summed E-state index contributed by atoms with van der Waals surface area (Å²) in [6, 6.07) is 5.48. The van der Waals surface area contributed by atoms with Crippen LogP contribution in [0.5, 0.6) is 5.75 Å². The van der Waals surface area contributed by atoms with Gasteiger partial charge in [0.1, 0.15) is 11.3 Å². The average molecular weight is 317 g/mol. The maximum absolute atomic E-state index is 12.7. The van der Waals surface area contributed by atoms with Crippen LogP contribution in [0.2, 0.25) is 0 Å². The molecule has 2 rings (SSSR count). The molecule has 8 heteroatoms. The average Bonchev–Trinajstić information content (AvgIpc) is 2.84. The summed E-state index contributed by atoms with van der Waals surface area (Å²) < 4.78 is 38.0. The van der Waals surface area contributed by atoms with Crippen molar-refractivity contribution in [3.05, 3.63) is 29.8 Å². The summed E-state index contributed by atoms with van der Waals surface area (Å²) >= 11 is 0. The molecule has 1 aliphatic rings. The van der Waals surface area contributed by atoms with Crippen LogP contribution in [-0.4, -0.2) is 45.2 Å². The third kappa shape index (κ3) is 2.86. The number of carbonyl (C=O) groups excluding carboxylic acids is 1. The number of carboxylic acid groups (broad SMARTS) is 1. The highest BCUT2D eigenvalue weighted by atomic mass is 19.4. The number of hydrogen-bond donors (Lipinski definition) is 2. The third-order valence-corrected chi connectivity index (χ3v) is 3.81. The van der Waals surface area contributed by atoms with Crippen molar-refractivity contribution in [1.29, 1.82) is 0 Å². The van der Waals surface area contributed by atoms with E-state index in [1.807, 2.05) is 0 Å². The van der Waals surface area contributed by atoms with Gasteiger partial charge < -0.3 is 15.1 Å². The predicted octanol–water partition coefficient (Wildman–Crippen LogP) is 1.94. The number of hydrogen-bond acceptors (Lipinski definition) is 3. The quantitative estimate of drug-likeness (QED) is 0.893. The lowest BCUT2D eigenvalue weighted by molar-refractivity contribution is -0.192. The van der Waals surface area contributed by atoms with Gasteiger partial charge in [-0.25, -0.2) is 4.79 Å². The summed E-state index contributed by atoms with van der Waals surface area (Å²) in [6.45, 7) is -0.247. The number of amides is 1. The summed E-state index contributed by atoms with van der Waals surface area (Å²) in [6.07, 6.45) is -5.22. The van der Waals surface area contributed by atoms with Gasteiger partial charge >= 0.3 is 18.1 Å². The van der Waals surface area contributed by atoms with Crippen molar-refractivity contribution in [3.63, 3.8) is 0 Å². The van der Waals surface area contributed by atoms with Crippen molar-refractivity contribution in [3.8, 4) is 5.75 Å². The second-order valence-corrected chi connectivity index (χ2v) is 5.24. The number of nitrogens with zero attached hydrogens (tertiary/aromatic N) is 1. The Morgan fingerprint density at radius 2 is 1.82 bits per heavy atom. The Balaban J connectivity index is 2.36. The molecule has 0 bridgehead atoms. The normalized spacial score (nSPS) is 21.9. The van der Waals surface area contributed by atoms with E-state index in [1.54, 1.807) is 0 Å². The number of phenolic OH excluding ortho intramolecular Hbond substituents is 1. The molecule has 1 atom stereocenters. The highest BCUT2D eigenvalue weighted by Gasteiger charge is 2.56. The zero-order chi connectivity index (χ0) is 16.5. The maximum Gasteiger partial charge on any atom is 0.471 e. The Labute approximate surface area is 124 Å². The number of halogens is 3. The summed E-state index contributed by atoms with van der Waals surface area (Å²) in [7, 11) is 0. The van der Waals surface area contributed by atoms with Gasteiger partial charge in [0.25, 0.3) is 0 Å². The van der Waals surface area contributed by atoms with Crippen molar-refractivity contribution in [2.24, 2.45) is 0 Å². The van der Waals surface area contributed by atoms with Crippen molar-refractivity contribution >= 4 is 11.9 Å². The van der Waals surface area contributed by atoms with Gasteiger partial charge in [-0.2, -0.15) is 13.2 Å². The summed E-state index contributed by atoms with van der Waals surface area (Å²) in [5.74, 6) is -3.63. The van der Waals surface area contributed by atoms with Crippen molar-refractivity contribution < 1.29 is 33.0 Å². The van der Waals surface area contributed by atoms with Crippen LogP contribution in [0.15, 0.2) is 24.3 Å². The molecular formula is C14H14F3NO4. The molecule has 0 saturated carbocycles. The van der Waals surface area contributed by atoms with Crippen LogP contribution in [0.4, 0.5) is 13.2 Å². The fourth-order valence-corrected chi connectivity index (χ4v) is 2.76. The molecule has 0 spiro atoms. The van der Waals surface area contributed by atoms with Gasteiger partial charge in [-0.3, -0.25) is 4.79 Å². The van der Waals surface area contributed by atoms with E-state index in [9.17, 15) is 33.0 Å². The summed E-state index contributed by atoms with van der Waals surface area (Å²) in [5, 5.41) is 18.7. The van der Waals surface area contributed by atoms with Crippen LogP contribution < -0.4 is 0 Å². The zero-order valence-electron chi connectivity index (χ0n) is 11.4. The van der Waals surface area contributed by atoms with Gasteiger partial charge in [0.2, 0.25) is 0 Å². The first-order valence-electron chi connectivity index (χ1n) is 6.57. The maximum atomic E-state index is 12.7. The number of phenols is 1. The third-order valence-electron chi connectivity index (χ3n) is 3.81. The second-order valence-electron chi connectivity index (χ2n) is 5.24. The minimum Gasteiger partial charge on any atom is -0.508 e. The van der Waals surface area contributed by atoms with Crippen LogP contribution in [0.1, 0.15) is 18.4 Å². The zero-order valence-corrected chi connectivity index (χ0v) is 11.4. The van der Waals surface area contributed by atoms with E-state index in [-0.39, 0.29) is 31.6 Å². The Morgan fingerprint density at radius 1 is 1.23 bits per heavy atom. The first kappa shape index (κ1) is 16.1. The largest absolute Gasteiger partial charge is 0.508 e. The molecule has 0 aromatic heterocycles. The Morgan fingerprint density at radius 3 is 2.32 bits per heavy atom. The highest BCUT2D eigenvalue weighted by molar-refractivity contribution is 5.90. The number of benzene rings is 1. The topological polar surface area (TPSA) is 77.8 Å². The minimum absolute atomic E-state index is 0.0391. The molecule has 1 amide bonds. The number of aliphatic carboxylic acids is 1. The number of carbonyl (C=O) groups is 2. The molecule has 2 N–H and O–H groups in total. The Kier molecular flexibility index (Phi) is 4.04. The predicted molar refractivity (Wildman–Crippen MR) is 69.2 cm³/mol. The molecule has 5 nitrogen and oxygen atoms in total. The Bertz CT molecular complexity index is 585. The van der Waals surface area contributed by atoms with Gasteiger partial charge in [-0.1, -0.05) is 12.1 Å². The lowest BCUT2D eigenvalue weighted by atomic mass is 9.88. The van der Waals surface area contributed by atoms with Gasteiger partial charge in [-0.05, 0) is 30.5 Å². The second kappa shape index (κ2) is 5.51. The van der Waals surface area contributed by atoms with Crippen LogP contribution >= 0.6 is 0 Å². The van der Waals surface area contributed by atoms with Gasteiger partial charge in [0.15, 0.2) is 0 Å². The van der Waals surface area contributed by atoms with E-state index in [1.165, 1.54) is 24.3 Å². The standard InChI is InChI=1S/C14H14F3NO4/c15-14(16,17)11(20)18-7-1-6-13(18,12(21)22)8-9-2-4-10(19)5-3-9/h2-5,19H,1,6-8H2,(H,21,22). The van der Waals surface area contributed by atoms with Crippen molar-refractivity contribution in [1.82, 2.24) is 4.90 Å². The number of likely N-dealkylation sites (tertiary alicyclic amines) is 1. The Hall–Kier alpha value is -2.25. The fraction of sp³-hybridized carbons (Fsp3) is 0.429. The molecule has 1 aliphatic heterocycles. The van der Waals surface area contributed by atoms with Crippen LogP contribution in [0.3, 0.4) is 0 Å². The smallest absolute Gasteiger partial charge is 0.471 e. The van der Waals surface area contributed by atoms with Crippen molar-refractivity contribution in [2.75, 3.05) is 6.54 Å². The fourth-order valence-electron chi connectivity index (χ4n) is 2.76. The SMILES string of the molecule is O=C(N1CCCC1(Cc1ccc(O)cc1)C(=O)O)C(F)(F)F. The van der Waals surface area contributed by atoms with Crippen LogP contribution in [0.25, 0.3) is 0 Å². The lowest BCUT2D eigenvalue weighted by Crippen LogP contribution is -2.57. The molecule has 1 saturated heterocycles. The first-order valence-corrected chi connectivity index (χ1v) is 6.57. The molecule has 1 unspecified atom stereocenters. The number of aromatic hydroxyl groups is 1. The molecule has 1 aromatic carbocycles. The van der Waals surface area contributed by atoms with E-state index >= 15 is 0 Å². The van der Waals surface area contributed by atoms with Crippen LogP contribution in [-0.2, 0) is 16.0 Å². The van der Waals surface area contributed by atoms with E-state index in [4.69, 9.17) is 0 Å². The molecule has 0 radical (unpaired) electrons. The van der Waals surface area contributed by atoms with E-state index in [2.05, 4.69) is 0 Å². The van der Waals surface area contributed by atoms with Gasteiger partial charge in [-0.15, -0.1) is 0 Å². The molecule has 0 aliphatic carbocycles. The highest BCUT2D eigenvalue weighted by Crippen LogP contribution is 2.36. The molecule has 1 fully saturated rings. The molecule has 22 heavy (non-hydrogen) atoms. The summed E-state index contributed by atoms with van der Waals surface area (Å²) in [4.78, 5) is 23.6. The van der Waals surface area contributed by atoms with Crippen molar-refractivity contribution in [2.45, 2.75) is 31.0 Å². The first-order chi connectivity index (χ1) is 10.2. The van der Waals surface area contributed by atoms with Gasteiger partial charge in [0, 0.05) is 13.0 Å². The minimum atomic E-state index is -5.11. The van der Waals surface area contributed by atoms with Crippen LogP contribution in [0, 0.1) is 0 Å². The molecule has 1 heterocycles. The van der Waals surface area contributed by atoms with E-state index in [0.717, 1.165) is 0 Å². The molecule has 120 valence electrons. The summed E-state index contributed by atoms with van der Waals surface area (Å²) in [5.41, 5.74) is -1.48. The number of rotatable bonds is 3.